The number of fused-ring (bicyclic) bond motifs is 1. The Kier molecular flexibility index (Phi) is 7.24. The molecule has 2 aromatic rings. The van der Waals surface area contributed by atoms with Gasteiger partial charge in [0.1, 0.15) is 11.6 Å². The molecule has 8 atom stereocenters. The Morgan fingerprint density at radius 2 is 1.79 bits per heavy atom. The highest BCUT2D eigenvalue weighted by atomic mass is 35.5. The van der Waals surface area contributed by atoms with Gasteiger partial charge in [0, 0.05) is 5.69 Å². The monoisotopic (exact) mass is 553 g/mol. The molecule has 0 radical (unpaired) electrons. The number of hydrogen-bond acceptors (Lipinski definition) is 5. The molecule has 3 aliphatic heterocycles. The number of benzene rings is 2. The average Bonchev–Trinajstić information content (AvgIpc) is 3.43. The van der Waals surface area contributed by atoms with Gasteiger partial charge in [-0.3, -0.25) is 14.4 Å². The number of nitrogens with one attached hydrogen (secondary N) is 2. The summed E-state index contributed by atoms with van der Waals surface area (Å²) in [6.07, 6.45) is 1.13. The third kappa shape index (κ3) is 4.24. The molecule has 2 bridgehead atoms. The van der Waals surface area contributed by atoms with E-state index in [2.05, 4.69) is 10.6 Å². The lowest BCUT2D eigenvalue weighted by molar-refractivity contribution is -0.149. The van der Waals surface area contributed by atoms with Gasteiger partial charge in [-0.15, -0.1) is 0 Å². The zero-order chi connectivity index (χ0) is 28.1. The molecule has 9 heteroatoms. The van der Waals surface area contributed by atoms with Crippen LogP contribution in [0, 0.1) is 23.7 Å². The van der Waals surface area contributed by atoms with Gasteiger partial charge in [-0.2, -0.15) is 0 Å². The molecule has 0 aromatic heterocycles. The summed E-state index contributed by atoms with van der Waals surface area (Å²) in [5.41, 5.74) is -1.13. The van der Waals surface area contributed by atoms with Gasteiger partial charge in [0.05, 0.1) is 40.8 Å². The van der Waals surface area contributed by atoms with Gasteiger partial charge in [-0.25, -0.2) is 0 Å². The minimum atomic E-state index is -1.23. The zero-order valence-corrected chi connectivity index (χ0v) is 23.4. The molecule has 39 heavy (non-hydrogen) atoms. The first kappa shape index (κ1) is 27.6. The van der Waals surface area contributed by atoms with E-state index in [4.69, 9.17) is 16.3 Å². The lowest BCUT2D eigenvalue weighted by Gasteiger charge is -2.39. The van der Waals surface area contributed by atoms with Crippen LogP contribution in [0.15, 0.2) is 54.6 Å². The van der Waals surface area contributed by atoms with Crippen LogP contribution in [0.1, 0.15) is 40.5 Å². The van der Waals surface area contributed by atoms with Gasteiger partial charge in [0.15, 0.2) is 0 Å². The number of amides is 3. The second-order valence-corrected chi connectivity index (χ2v) is 11.8. The third-order valence-electron chi connectivity index (χ3n) is 9.30. The van der Waals surface area contributed by atoms with Crippen molar-refractivity contribution in [3.05, 3.63) is 59.6 Å². The molecule has 5 rings (SSSR count). The summed E-state index contributed by atoms with van der Waals surface area (Å²) in [5.74, 6) is -2.97. The fraction of sp³-hybridized carbons (Fsp3) is 0.500. The number of aliphatic hydroxyl groups is 1. The second-order valence-electron chi connectivity index (χ2n) is 11.4. The van der Waals surface area contributed by atoms with Crippen LogP contribution >= 0.6 is 11.6 Å². The number of aliphatic hydroxyl groups excluding tert-OH is 1. The summed E-state index contributed by atoms with van der Waals surface area (Å²) in [5, 5.41) is 16.7. The normalized spacial score (nSPS) is 32.6. The Morgan fingerprint density at radius 1 is 1.13 bits per heavy atom. The number of anilines is 2. The van der Waals surface area contributed by atoms with E-state index in [0.29, 0.717) is 29.2 Å². The number of hydrogen-bond donors (Lipinski definition) is 3. The highest BCUT2D eigenvalue weighted by Gasteiger charge is 2.80. The standard InChI is InChI=1S/C30H36ClN3O5/c1-5-17(2)22(16-35)34-25(27(37)33-21-14-10-9-13-20(21)31)30-15-18(3)29(4,39-30)23(24(30)28(34)38)26(36)32-19-11-7-6-8-12-19/h6-14,17-18,22-25,35H,5,15-16H2,1-4H3,(H,32,36)(H,33,37)/t17-,18?,22-,23+,24-,25?,29-,30?/m0/s1. The van der Waals surface area contributed by atoms with Crippen molar-refractivity contribution in [1.82, 2.24) is 4.90 Å². The smallest absolute Gasteiger partial charge is 0.250 e. The molecule has 0 aliphatic carbocycles. The van der Waals surface area contributed by atoms with Gasteiger partial charge >= 0.3 is 0 Å². The molecule has 8 nitrogen and oxygen atoms in total. The topological polar surface area (TPSA) is 108 Å². The van der Waals surface area contributed by atoms with Crippen molar-refractivity contribution in [2.24, 2.45) is 23.7 Å². The van der Waals surface area contributed by atoms with Crippen molar-refractivity contribution in [3.8, 4) is 0 Å². The Labute approximate surface area is 234 Å². The summed E-state index contributed by atoms with van der Waals surface area (Å²) in [4.78, 5) is 43.9. The quantitative estimate of drug-likeness (QED) is 0.451. The molecule has 3 fully saturated rings. The first-order valence-corrected chi connectivity index (χ1v) is 14.0. The highest BCUT2D eigenvalue weighted by Crippen LogP contribution is 2.65. The van der Waals surface area contributed by atoms with E-state index < -0.39 is 41.0 Å². The van der Waals surface area contributed by atoms with Crippen LogP contribution in [0.25, 0.3) is 0 Å². The van der Waals surface area contributed by atoms with Crippen molar-refractivity contribution in [3.63, 3.8) is 0 Å². The molecular formula is C30H36ClN3O5. The molecule has 3 heterocycles. The van der Waals surface area contributed by atoms with Gasteiger partial charge in [0.2, 0.25) is 17.7 Å². The molecule has 2 aromatic carbocycles. The first-order chi connectivity index (χ1) is 18.6. The SMILES string of the molecule is CC[C@H](C)[C@H](CO)N1C(=O)[C@@H]2[C@H](C(=O)Nc3ccccc3)[C@@]3(C)OC2(CC3C)C1C(=O)Nc1ccccc1Cl. The Bertz CT molecular complexity index is 1270. The predicted octanol–water partition coefficient (Wildman–Crippen LogP) is 4.33. The van der Waals surface area contributed by atoms with Crippen LogP contribution < -0.4 is 10.6 Å². The van der Waals surface area contributed by atoms with E-state index in [9.17, 15) is 19.5 Å². The molecule has 0 saturated carbocycles. The molecule has 1 spiro atoms. The van der Waals surface area contributed by atoms with E-state index >= 15 is 0 Å². The maximum absolute atomic E-state index is 14.4. The zero-order valence-electron chi connectivity index (χ0n) is 22.7. The number of rotatable bonds is 8. The molecule has 3 unspecified atom stereocenters. The summed E-state index contributed by atoms with van der Waals surface area (Å²) < 4.78 is 6.77. The molecule has 3 amide bonds. The fourth-order valence-corrected chi connectivity index (χ4v) is 7.24. The van der Waals surface area contributed by atoms with Crippen LogP contribution in [0.3, 0.4) is 0 Å². The average molecular weight is 554 g/mol. The largest absolute Gasteiger partial charge is 0.394 e. The molecule has 3 N–H and O–H groups in total. The summed E-state index contributed by atoms with van der Waals surface area (Å²) >= 11 is 6.36. The van der Waals surface area contributed by atoms with Crippen molar-refractivity contribution in [1.29, 1.82) is 0 Å². The Hall–Kier alpha value is -2.94. The lowest BCUT2D eigenvalue weighted by atomic mass is 9.62. The number of halogens is 1. The van der Waals surface area contributed by atoms with Crippen LogP contribution in [0.4, 0.5) is 11.4 Å². The highest BCUT2D eigenvalue weighted by molar-refractivity contribution is 6.33. The Morgan fingerprint density at radius 3 is 2.44 bits per heavy atom. The summed E-state index contributed by atoms with van der Waals surface area (Å²) in [6.45, 7) is 7.49. The number of carbonyl (C=O) groups is 3. The number of ether oxygens (including phenoxy) is 1. The van der Waals surface area contributed by atoms with E-state index in [1.54, 1.807) is 36.4 Å². The van der Waals surface area contributed by atoms with Gasteiger partial charge in [-0.1, -0.05) is 69.1 Å². The summed E-state index contributed by atoms with van der Waals surface area (Å²) in [7, 11) is 0. The number of likely N-dealkylation sites (tertiary alicyclic amines) is 1. The third-order valence-corrected chi connectivity index (χ3v) is 9.63. The predicted molar refractivity (Wildman–Crippen MR) is 149 cm³/mol. The van der Waals surface area contributed by atoms with Crippen LogP contribution in [-0.4, -0.2) is 57.6 Å². The van der Waals surface area contributed by atoms with E-state index in [1.165, 1.54) is 4.90 Å². The van der Waals surface area contributed by atoms with Crippen molar-refractivity contribution in [2.45, 2.75) is 63.8 Å². The minimum Gasteiger partial charge on any atom is -0.394 e. The van der Waals surface area contributed by atoms with Crippen molar-refractivity contribution < 1.29 is 24.2 Å². The molecule has 3 aliphatic rings. The van der Waals surface area contributed by atoms with Gasteiger partial charge in [-0.05, 0) is 49.4 Å². The van der Waals surface area contributed by atoms with Crippen LogP contribution in [-0.2, 0) is 19.1 Å². The maximum Gasteiger partial charge on any atom is 0.250 e. The van der Waals surface area contributed by atoms with E-state index in [1.807, 2.05) is 45.9 Å². The van der Waals surface area contributed by atoms with Gasteiger partial charge < -0.3 is 25.4 Å². The van der Waals surface area contributed by atoms with E-state index in [0.717, 1.165) is 0 Å². The van der Waals surface area contributed by atoms with Crippen molar-refractivity contribution >= 4 is 40.7 Å². The molecule has 3 saturated heterocycles. The second kappa shape index (κ2) is 10.2. The first-order valence-electron chi connectivity index (χ1n) is 13.6. The summed E-state index contributed by atoms with van der Waals surface area (Å²) in [6, 6.07) is 14.3. The van der Waals surface area contributed by atoms with Crippen LogP contribution in [0.2, 0.25) is 5.02 Å². The Balaban J connectivity index is 1.59. The van der Waals surface area contributed by atoms with Gasteiger partial charge in [0.25, 0.3) is 0 Å². The number of para-hydroxylation sites is 2. The number of nitrogens with zero attached hydrogens (tertiary/aromatic N) is 1. The van der Waals surface area contributed by atoms with Crippen molar-refractivity contribution in [2.75, 3.05) is 17.2 Å². The fourth-order valence-electron chi connectivity index (χ4n) is 7.05. The molecule has 208 valence electrons. The van der Waals surface area contributed by atoms with Crippen LogP contribution in [0.5, 0.6) is 0 Å². The minimum absolute atomic E-state index is 0.0911. The maximum atomic E-state index is 14.4. The molecular weight excluding hydrogens is 518 g/mol. The lowest BCUT2D eigenvalue weighted by Crippen LogP contribution is -2.57. The number of carbonyl (C=O) groups excluding carboxylic acids is 3. The van der Waals surface area contributed by atoms with E-state index in [-0.39, 0.29) is 30.3 Å².